The summed E-state index contributed by atoms with van der Waals surface area (Å²) in [4.78, 5) is 23.0. The summed E-state index contributed by atoms with van der Waals surface area (Å²) in [5, 5.41) is 6.54. The molecule has 0 amide bonds. The van der Waals surface area contributed by atoms with Crippen molar-refractivity contribution >= 4 is 22.9 Å². The predicted octanol–water partition coefficient (Wildman–Crippen LogP) is 3.77. The Morgan fingerprint density at radius 2 is 1.92 bits per heavy atom. The first-order chi connectivity index (χ1) is 12.3. The second-order valence-corrected chi connectivity index (χ2v) is 7.17. The van der Waals surface area contributed by atoms with Crippen molar-refractivity contribution in [1.82, 2.24) is 19.6 Å². The van der Waals surface area contributed by atoms with Gasteiger partial charge in [-0.1, -0.05) is 36.4 Å². The lowest BCUT2D eigenvalue weighted by atomic mass is 9.86. The van der Waals surface area contributed by atoms with Gasteiger partial charge in [0.2, 0.25) is 0 Å². The first-order valence-electron chi connectivity index (χ1n) is 8.16. The van der Waals surface area contributed by atoms with E-state index in [1.807, 2.05) is 36.4 Å². The molecule has 0 unspecified atom stereocenters. The topological polar surface area (TPSA) is 60.2 Å². The SMILES string of the molecule is O=C1C[C@H](c2cccs2)Cc2nc3nc(-c4ccccc4)nn3cc21. The summed E-state index contributed by atoms with van der Waals surface area (Å²) in [5.41, 5.74) is 2.44. The Morgan fingerprint density at radius 1 is 1.04 bits per heavy atom. The highest BCUT2D eigenvalue weighted by atomic mass is 32.1. The zero-order chi connectivity index (χ0) is 16.8. The van der Waals surface area contributed by atoms with Gasteiger partial charge in [0.1, 0.15) is 0 Å². The smallest absolute Gasteiger partial charge is 0.252 e. The van der Waals surface area contributed by atoms with Gasteiger partial charge in [0.15, 0.2) is 11.6 Å². The summed E-state index contributed by atoms with van der Waals surface area (Å²) < 4.78 is 1.62. The van der Waals surface area contributed by atoms with E-state index < -0.39 is 0 Å². The molecule has 4 aromatic rings. The molecule has 122 valence electrons. The number of nitrogens with zero attached hydrogens (tertiary/aromatic N) is 4. The standard InChI is InChI=1S/C19H14N4OS/c24-16-10-13(17-7-4-8-25-17)9-15-14(16)11-23-19(20-15)21-18(22-23)12-5-2-1-3-6-12/h1-8,11,13H,9-10H2/t13-/m1/s1. The van der Waals surface area contributed by atoms with Gasteiger partial charge in [0.05, 0.1) is 11.3 Å². The molecule has 3 heterocycles. The van der Waals surface area contributed by atoms with Crippen LogP contribution >= 0.6 is 11.3 Å². The Hall–Kier alpha value is -2.86. The summed E-state index contributed by atoms with van der Waals surface area (Å²) in [5.74, 6) is 1.51. The molecular weight excluding hydrogens is 332 g/mol. The maximum Gasteiger partial charge on any atom is 0.252 e. The van der Waals surface area contributed by atoms with Gasteiger partial charge in [-0.05, 0) is 17.9 Å². The summed E-state index contributed by atoms with van der Waals surface area (Å²) in [7, 11) is 0. The number of thiophene rings is 1. The molecule has 0 saturated heterocycles. The summed E-state index contributed by atoms with van der Waals surface area (Å²) in [6, 6.07) is 13.9. The van der Waals surface area contributed by atoms with E-state index in [1.54, 1.807) is 22.0 Å². The van der Waals surface area contributed by atoms with E-state index in [2.05, 4.69) is 26.5 Å². The molecule has 1 atom stereocenters. The number of carbonyl (C=O) groups excluding carboxylic acids is 1. The maximum absolute atomic E-state index is 12.6. The van der Waals surface area contributed by atoms with E-state index in [-0.39, 0.29) is 11.7 Å². The van der Waals surface area contributed by atoms with Crippen LogP contribution in [0.1, 0.15) is 33.3 Å². The van der Waals surface area contributed by atoms with Crippen molar-refractivity contribution in [3.8, 4) is 11.4 Å². The summed E-state index contributed by atoms with van der Waals surface area (Å²) in [6.45, 7) is 0. The predicted molar refractivity (Wildman–Crippen MR) is 95.9 cm³/mol. The van der Waals surface area contributed by atoms with Crippen LogP contribution in [0.25, 0.3) is 17.2 Å². The maximum atomic E-state index is 12.6. The highest BCUT2D eigenvalue weighted by Gasteiger charge is 2.29. The Kier molecular flexibility index (Phi) is 3.24. The third-order valence-electron chi connectivity index (χ3n) is 4.56. The molecule has 0 spiro atoms. The minimum Gasteiger partial charge on any atom is -0.294 e. The van der Waals surface area contributed by atoms with Crippen LogP contribution in [0.4, 0.5) is 0 Å². The fourth-order valence-electron chi connectivity index (χ4n) is 3.32. The van der Waals surface area contributed by atoms with Gasteiger partial charge in [-0.15, -0.1) is 16.4 Å². The molecule has 1 aliphatic carbocycles. The second kappa shape index (κ2) is 5.60. The minimum absolute atomic E-state index is 0.130. The first kappa shape index (κ1) is 14.5. The van der Waals surface area contributed by atoms with Crippen LogP contribution in [-0.4, -0.2) is 25.4 Å². The minimum atomic E-state index is 0.130. The molecule has 1 aliphatic rings. The van der Waals surface area contributed by atoms with Crippen LogP contribution < -0.4 is 0 Å². The lowest BCUT2D eigenvalue weighted by molar-refractivity contribution is 0.0963. The highest BCUT2D eigenvalue weighted by molar-refractivity contribution is 7.10. The van der Waals surface area contributed by atoms with Crippen LogP contribution in [-0.2, 0) is 6.42 Å². The van der Waals surface area contributed by atoms with E-state index >= 15 is 0 Å². The van der Waals surface area contributed by atoms with Gasteiger partial charge in [0.25, 0.3) is 5.78 Å². The molecule has 5 nitrogen and oxygen atoms in total. The number of ketones is 1. The number of hydrogen-bond acceptors (Lipinski definition) is 5. The zero-order valence-electron chi connectivity index (χ0n) is 13.3. The molecular formula is C19H14N4OS. The van der Waals surface area contributed by atoms with Crippen LogP contribution in [0, 0.1) is 0 Å². The Labute approximate surface area is 148 Å². The number of aromatic nitrogens is 4. The van der Waals surface area contributed by atoms with E-state index in [4.69, 9.17) is 0 Å². The highest BCUT2D eigenvalue weighted by Crippen LogP contribution is 2.34. The molecule has 25 heavy (non-hydrogen) atoms. The van der Waals surface area contributed by atoms with Crippen molar-refractivity contribution in [2.45, 2.75) is 18.8 Å². The Bertz CT molecular complexity index is 1070. The van der Waals surface area contributed by atoms with Crippen molar-refractivity contribution in [3.63, 3.8) is 0 Å². The molecule has 0 aliphatic heterocycles. The monoisotopic (exact) mass is 346 g/mol. The van der Waals surface area contributed by atoms with E-state index in [1.165, 1.54) is 4.88 Å². The fraction of sp³-hybridized carbons (Fsp3) is 0.158. The normalized spacial score (nSPS) is 17.0. The molecule has 6 heteroatoms. The van der Waals surface area contributed by atoms with Crippen molar-refractivity contribution in [3.05, 3.63) is 70.2 Å². The number of rotatable bonds is 2. The Balaban J connectivity index is 1.59. The zero-order valence-corrected chi connectivity index (χ0v) is 14.1. The molecule has 0 fully saturated rings. The summed E-state index contributed by atoms with van der Waals surface area (Å²) in [6.07, 6.45) is 3.08. The number of benzene rings is 1. The van der Waals surface area contributed by atoms with Crippen LogP contribution in [0.2, 0.25) is 0 Å². The molecule has 0 bridgehead atoms. The van der Waals surface area contributed by atoms with Crippen molar-refractivity contribution in [1.29, 1.82) is 0 Å². The van der Waals surface area contributed by atoms with Crippen molar-refractivity contribution in [2.75, 3.05) is 0 Å². The molecule has 5 rings (SSSR count). The Morgan fingerprint density at radius 3 is 2.72 bits per heavy atom. The molecule has 0 N–H and O–H groups in total. The lowest BCUT2D eigenvalue weighted by Crippen LogP contribution is -2.20. The first-order valence-corrected chi connectivity index (χ1v) is 9.04. The molecule has 0 saturated carbocycles. The summed E-state index contributed by atoms with van der Waals surface area (Å²) >= 11 is 1.70. The average molecular weight is 346 g/mol. The van der Waals surface area contributed by atoms with Gasteiger partial charge in [-0.2, -0.15) is 4.98 Å². The molecule has 0 radical (unpaired) electrons. The average Bonchev–Trinajstić information content (AvgIpc) is 3.30. The van der Waals surface area contributed by atoms with Gasteiger partial charge in [0, 0.05) is 29.0 Å². The fourth-order valence-corrected chi connectivity index (χ4v) is 4.15. The van der Waals surface area contributed by atoms with Gasteiger partial charge in [-0.3, -0.25) is 4.79 Å². The van der Waals surface area contributed by atoms with Crippen LogP contribution in [0.5, 0.6) is 0 Å². The number of hydrogen-bond donors (Lipinski definition) is 0. The number of carbonyl (C=O) groups is 1. The van der Waals surface area contributed by atoms with E-state index in [9.17, 15) is 4.79 Å². The van der Waals surface area contributed by atoms with Gasteiger partial charge in [-0.25, -0.2) is 9.50 Å². The van der Waals surface area contributed by atoms with E-state index in [0.717, 1.165) is 17.7 Å². The largest absolute Gasteiger partial charge is 0.294 e. The molecule has 1 aromatic carbocycles. The van der Waals surface area contributed by atoms with Crippen LogP contribution in [0.3, 0.4) is 0 Å². The third kappa shape index (κ3) is 2.46. The lowest BCUT2D eigenvalue weighted by Gasteiger charge is -2.21. The van der Waals surface area contributed by atoms with Gasteiger partial charge >= 0.3 is 0 Å². The van der Waals surface area contributed by atoms with Crippen LogP contribution in [0.15, 0.2) is 54.0 Å². The number of Topliss-reactive ketones (excluding diaryl/α,β-unsaturated/α-hetero) is 1. The van der Waals surface area contributed by atoms with Crippen molar-refractivity contribution in [2.24, 2.45) is 0 Å². The van der Waals surface area contributed by atoms with Gasteiger partial charge < -0.3 is 0 Å². The molecule has 3 aromatic heterocycles. The van der Waals surface area contributed by atoms with E-state index in [0.29, 0.717) is 23.6 Å². The van der Waals surface area contributed by atoms with Crippen molar-refractivity contribution < 1.29 is 4.79 Å². The number of fused-ring (bicyclic) bond motifs is 2. The second-order valence-electron chi connectivity index (χ2n) is 6.19. The third-order valence-corrected chi connectivity index (χ3v) is 5.59. The quantitative estimate of drug-likeness (QED) is 0.554.